The molecular weight excluding hydrogens is 208 g/mol. The van der Waals surface area contributed by atoms with Crippen LogP contribution in [0.2, 0.25) is 0 Å². The van der Waals surface area contributed by atoms with Crippen LogP contribution in [0.15, 0.2) is 0 Å². The first-order valence-electron chi connectivity index (χ1n) is 7.85. The molecule has 3 aliphatic carbocycles. The zero-order valence-corrected chi connectivity index (χ0v) is 11.0. The maximum Gasteiger partial charge on any atom is 0.0309 e. The van der Waals surface area contributed by atoms with Crippen LogP contribution < -0.4 is 5.32 Å². The standard InChI is InChI=1S/C15H26N2/c1-2-8-15(7-1)11-17(10-9-16-15)14(12-3-4-12)13-5-6-13/h12-14,16H,1-11H2. The van der Waals surface area contributed by atoms with E-state index in [1.54, 1.807) is 0 Å². The highest BCUT2D eigenvalue weighted by Crippen LogP contribution is 2.48. The van der Waals surface area contributed by atoms with E-state index in [-0.39, 0.29) is 0 Å². The summed E-state index contributed by atoms with van der Waals surface area (Å²) < 4.78 is 0. The smallest absolute Gasteiger partial charge is 0.0309 e. The Morgan fingerprint density at radius 3 is 2.24 bits per heavy atom. The van der Waals surface area contributed by atoms with Gasteiger partial charge in [-0.15, -0.1) is 0 Å². The van der Waals surface area contributed by atoms with Gasteiger partial charge in [0, 0.05) is 31.2 Å². The molecule has 3 saturated carbocycles. The van der Waals surface area contributed by atoms with Crippen molar-refractivity contribution >= 4 is 0 Å². The molecule has 0 bridgehead atoms. The molecule has 2 nitrogen and oxygen atoms in total. The molecule has 1 N–H and O–H groups in total. The zero-order valence-electron chi connectivity index (χ0n) is 11.0. The maximum absolute atomic E-state index is 3.86. The average Bonchev–Trinajstić information content (AvgIpc) is 3.24. The summed E-state index contributed by atoms with van der Waals surface area (Å²) in [6.45, 7) is 3.93. The average molecular weight is 234 g/mol. The molecule has 0 aromatic rings. The lowest BCUT2D eigenvalue weighted by molar-refractivity contribution is 0.0732. The van der Waals surface area contributed by atoms with Crippen LogP contribution in [0.25, 0.3) is 0 Å². The first-order valence-corrected chi connectivity index (χ1v) is 7.85. The van der Waals surface area contributed by atoms with Gasteiger partial charge in [0.25, 0.3) is 0 Å². The molecule has 1 saturated heterocycles. The normalized spacial score (nSPS) is 33.7. The first kappa shape index (κ1) is 10.8. The van der Waals surface area contributed by atoms with E-state index >= 15 is 0 Å². The summed E-state index contributed by atoms with van der Waals surface area (Å²) in [6.07, 6.45) is 11.9. The van der Waals surface area contributed by atoms with Gasteiger partial charge in [-0.2, -0.15) is 0 Å². The van der Waals surface area contributed by atoms with E-state index in [0.717, 1.165) is 17.9 Å². The van der Waals surface area contributed by atoms with Gasteiger partial charge in [0.1, 0.15) is 0 Å². The molecule has 0 aromatic heterocycles. The Labute approximate surface area is 105 Å². The second-order valence-electron chi connectivity index (χ2n) is 7.05. The largest absolute Gasteiger partial charge is 0.309 e. The van der Waals surface area contributed by atoms with Crippen molar-refractivity contribution in [2.45, 2.75) is 62.9 Å². The van der Waals surface area contributed by atoms with Crippen LogP contribution >= 0.6 is 0 Å². The van der Waals surface area contributed by atoms with Crippen molar-refractivity contribution in [3.8, 4) is 0 Å². The highest BCUT2D eigenvalue weighted by atomic mass is 15.3. The van der Waals surface area contributed by atoms with Crippen molar-refractivity contribution in [2.24, 2.45) is 11.8 Å². The molecule has 96 valence electrons. The molecule has 2 heteroatoms. The van der Waals surface area contributed by atoms with E-state index in [0.29, 0.717) is 5.54 Å². The zero-order chi connectivity index (χ0) is 11.3. The number of hydrogen-bond donors (Lipinski definition) is 1. The minimum absolute atomic E-state index is 0.528. The van der Waals surface area contributed by atoms with E-state index < -0.39 is 0 Å². The van der Waals surface area contributed by atoms with Gasteiger partial charge >= 0.3 is 0 Å². The predicted octanol–water partition coefficient (Wildman–Crippen LogP) is 2.39. The number of piperazine rings is 1. The lowest BCUT2D eigenvalue weighted by Gasteiger charge is -2.45. The molecule has 1 heterocycles. The number of rotatable bonds is 3. The molecule has 1 spiro atoms. The van der Waals surface area contributed by atoms with Gasteiger partial charge in [-0.25, -0.2) is 0 Å². The van der Waals surface area contributed by atoms with Crippen LogP contribution in [0, 0.1) is 11.8 Å². The highest BCUT2D eigenvalue weighted by Gasteiger charge is 2.48. The summed E-state index contributed by atoms with van der Waals surface area (Å²) in [6, 6.07) is 0.981. The Morgan fingerprint density at radius 1 is 1.00 bits per heavy atom. The quantitative estimate of drug-likeness (QED) is 0.806. The molecule has 17 heavy (non-hydrogen) atoms. The Hall–Kier alpha value is -0.0800. The molecule has 0 amide bonds. The fourth-order valence-electron chi connectivity index (χ4n) is 4.49. The van der Waals surface area contributed by atoms with E-state index in [2.05, 4.69) is 10.2 Å². The van der Waals surface area contributed by atoms with Gasteiger partial charge in [0.15, 0.2) is 0 Å². The summed E-state index contributed by atoms with van der Waals surface area (Å²) >= 11 is 0. The van der Waals surface area contributed by atoms with Crippen molar-refractivity contribution in [1.82, 2.24) is 10.2 Å². The number of nitrogens with one attached hydrogen (secondary N) is 1. The van der Waals surface area contributed by atoms with E-state index in [9.17, 15) is 0 Å². The molecule has 4 rings (SSSR count). The molecule has 4 aliphatic rings. The Morgan fingerprint density at radius 2 is 1.65 bits per heavy atom. The topological polar surface area (TPSA) is 15.3 Å². The third kappa shape index (κ3) is 2.04. The number of nitrogens with zero attached hydrogens (tertiary/aromatic N) is 1. The summed E-state index contributed by atoms with van der Waals surface area (Å²) in [5, 5.41) is 3.86. The molecule has 0 radical (unpaired) electrons. The molecule has 4 fully saturated rings. The SMILES string of the molecule is C1CCC2(C1)CN(C(C1CC1)C1CC1)CCN2. The van der Waals surface area contributed by atoms with Crippen molar-refractivity contribution in [2.75, 3.05) is 19.6 Å². The first-order chi connectivity index (χ1) is 8.36. The number of hydrogen-bond acceptors (Lipinski definition) is 2. The Kier molecular flexibility index (Phi) is 2.52. The van der Waals surface area contributed by atoms with Crippen molar-refractivity contribution in [3.05, 3.63) is 0 Å². The van der Waals surface area contributed by atoms with Crippen molar-refractivity contribution in [3.63, 3.8) is 0 Å². The fourth-order valence-corrected chi connectivity index (χ4v) is 4.49. The van der Waals surface area contributed by atoms with E-state index in [1.165, 1.54) is 71.0 Å². The van der Waals surface area contributed by atoms with Gasteiger partial charge < -0.3 is 5.32 Å². The minimum Gasteiger partial charge on any atom is -0.309 e. The Balaban J connectivity index is 1.48. The van der Waals surface area contributed by atoms with Crippen molar-refractivity contribution in [1.29, 1.82) is 0 Å². The van der Waals surface area contributed by atoms with Gasteiger partial charge in [0.2, 0.25) is 0 Å². The summed E-state index contributed by atoms with van der Waals surface area (Å²) in [4.78, 5) is 2.90. The predicted molar refractivity (Wildman–Crippen MR) is 70.0 cm³/mol. The van der Waals surface area contributed by atoms with Crippen molar-refractivity contribution < 1.29 is 0 Å². The summed E-state index contributed by atoms with van der Waals surface area (Å²) in [5.74, 6) is 2.16. The molecule has 0 atom stereocenters. The van der Waals surface area contributed by atoms with Crippen LogP contribution in [-0.2, 0) is 0 Å². The van der Waals surface area contributed by atoms with Gasteiger partial charge in [-0.1, -0.05) is 12.8 Å². The van der Waals surface area contributed by atoms with Crippen LogP contribution in [0.3, 0.4) is 0 Å². The lowest BCUT2D eigenvalue weighted by atomic mass is 9.92. The second-order valence-corrected chi connectivity index (χ2v) is 7.05. The molecule has 0 aromatic carbocycles. The lowest BCUT2D eigenvalue weighted by Crippen LogP contribution is -2.61. The minimum atomic E-state index is 0.528. The third-order valence-electron chi connectivity index (χ3n) is 5.60. The van der Waals surface area contributed by atoms with Crippen LogP contribution in [0.1, 0.15) is 51.4 Å². The molecular formula is C15H26N2. The monoisotopic (exact) mass is 234 g/mol. The summed E-state index contributed by atoms with van der Waals surface area (Å²) in [5.41, 5.74) is 0.528. The third-order valence-corrected chi connectivity index (χ3v) is 5.60. The fraction of sp³-hybridized carbons (Fsp3) is 1.00. The molecule has 0 unspecified atom stereocenters. The van der Waals surface area contributed by atoms with Gasteiger partial charge in [0.05, 0.1) is 0 Å². The summed E-state index contributed by atoms with van der Waals surface area (Å²) in [7, 11) is 0. The van der Waals surface area contributed by atoms with Crippen LogP contribution in [0.5, 0.6) is 0 Å². The van der Waals surface area contributed by atoms with Gasteiger partial charge in [-0.3, -0.25) is 4.90 Å². The Bertz CT molecular complexity index is 275. The second kappa shape index (κ2) is 3.96. The van der Waals surface area contributed by atoms with E-state index in [1.807, 2.05) is 0 Å². The van der Waals surface area contributed by atoms with Crippen LogP contribution in [-0.4, -0.2) is 36.1 Å². The van der Waals surface area contributed by atoms with Crippen LogP contribution in [0.4, 0.5) is 0 Å². The van der Waals surface area contributed by atoms with E-state index in [4.69, 9.17) is 0 Å². The molecule has 1 aliphatic heterocycles. The highest BCUT2D eigenvalue weighted by molar-refractivity contribution is 5.04. The maximum atomic E-state index is 3.86. The van der Waals surface area contributed by atoms with Gasteiger partial charge in [-0.05, 0) is 50.4 Å².